The van der Waals surface area contributed by atoms with Crippen molar-refractivity contribution in [1.29, 1.82) is 0 Å². The van der Waals surface area contributed by atoms with Crippen LogP contribution in [0.1, 0.15) is 35.2 Å². The fraction of sp³-hybridized carbons (Fsp3) is 0.562. The van der Waals surface area contributed by atoms with Gasteiger partial charge in [-0.25, -0.2) is 4.79 Å². The molecule has 2 aliphatic heterocycles. The topological polar surface area (TPSA) is 41.6 Å². The Morgan fingerprint density at radius 2 is 2.20 bits per heavy atom. The summed E-state index contributed by atoms with van der Waals surface area (Å²) < 4.78 is 4.76. The van der Waals surface area contributed by atoms with E-state index >= 15 is 0 Å². The number of benzene rings is 1. The Morgan fingerprint density at radius 3 is 2.95 bits per heavy atom. The Balaban J connectivity index is 1.73. The number of fused-ring (bicyclic) bond motifs is 1. The summed E-state index contributed by atoms with van der Waals surface area (Å²) in [5.74, 6) is -0.275. The van der Waals surface area contributed by atoms with Crippen LogP contribution in [0.2, 0.25) is 0 Å². The van der Waals surface area contributed by atoms with E-state index in [1.165, 1.54) is 39.5 Å². The monoisotopic (exact) mass is 274 g/mol. The Labute approximate surface area is 120 Å². The van der Waals surface area contributed by atoms with Crippen molar-refractivity contribution in [1.82, 2.24) is 4.90 Å². The van der Waals surface area contributed by atoms with E-state index in [1.54, 1.807) is 0 Å². The van der Waals surface area contributed by atoms with E-state index in [4.69, 9.17) is 4.74 Å². The van der Waals surface area contributed by atoms with Gasteiger partial charge in [-0.2, -0.15) is 0 Å². The standard InChI is InChI=1S/C16H22N2O2/c1-11-10-12(16(19)20-2)5-6-13(11)17-14-7-9-18-8-3-4-15(14)18/h5-6,10,14-15,17H,3-4,7-9H2,1-2H3. The minimum atomic E-state index is -0.275. The van der Waals surface area contributed by atoms with E-state index in [2.05, 4.69) is 10.2 Å². The molecule has 0 saturated carbocycles. The second-order valence-electron chi connectivity index (χ2n) is 5.81. The predicted octanol–water partition coefficient (Wildman–Crippen LogP) is 2.43. The molecule has 4 nitrogen and oxygen atoms in total. The van der Waals surface area contributed by atoms with E-state index in [9.17, 15) is 4.79 Å². The molecule has 2 aliphatic rings. The van der Waals surface area contributed by atoms with Gasteiger partial charge in [-0.1, -0.05) is 0 Å². The second kappa shape index (κ2) is 5.44. The Bertz CT molecular complexity index is 515. The minimum Gasteiger partial charge on any atom is -0.465 e. The molecule has 0 spiro atoms. The van der Waals surface area contributed by atoms with Crippen molar-refractivity contribution in [2.45, 2.75) is 38.3 Å². The van der Waals surface area contributed by atoms with Crippen molar-refractivity contribution in [3.05, 3.63) is 29.3 Å². The van der Waals surface area contributed by atoms with Crippen molar-refractivity contribution in [3.63, 3.8) is 0 Å². The first kappa shape index (κ1) is 13.4. The number of carbonyl (C=O) groups excluding carboxylic acids is 1. The maximum atomic E-state index is 11.5. The van der Waals surface area contributed by atoms with Gasteiger partial charge in [0.05, 0.1) is 12.7 Å². The zero-order valence-electron chi connectivity index (χ0n) is 12.2. The maximum Gasteiger partial charge on any atom is 0.337 e. The van der Waals surface area contributed by atoms with Gasteiger partial charge in [0.25, 0.3) is 0 Å². The third kappa shape index (κ3) is 2.40. The molecule has 2 atom stereocenters. The lowest BCUT2D eigenvalue weighted by molar-refractivity contribution is 0.0600. The van der Waals surface area contributed by atoms with Crippen LogP contribution in [0.5, 0.6) is 0 Å². The molecule has 4 heteroatoms. The van der Waals surface area contributed by atoms with Crippen LogP contribution in [0.3, 0.4) is 0 Å². The van der Waals surface area contributed by atoms with Crippen molar-refractivity contribution in [2.75, 3.05) is 25.5 Å². The van der Waals surface area contributed by atoms with Crippen LogP contribution in [0.4, 0.5) is 5.69 Å². The fourth-order valence-electron chi connectivity index (χ4n) is 3.52. The van der Waals surface area contributed by atoms with Gasteiger partial charge in [0.2, 0.25) is 0 Å². The van der Waals surface area contributed by atoms with Crippen LogP contribution in [0.15, 0.2) is 18.2 Å². The average molecular weight is 274 g/mol. The molecule has 1 aromatic rings. The zero-order valence-corrected chi connectivity index (χ0v) is 12.2. The van der Waals surface area contributed by atoms with Crippen molar-refractivity contribution in [2.24, 2.45) is 0 Å². The summed E-state index contributed by atoms with van der Waals surface area (Å²) in [6, 6.07) is 6.96. The van der Waals surface area contributed by atoms with Crippen LogP contribution >= 0.6 is 0 Å². The van der Waals surface area contributed by atoms with Gasteiger partial charge >= 0.3 is 5.97 Å². The first-order valence-corrected chi connectivity index (χ1v) is 7.38. The van der Waals surface area contributed by atoms with E-state index in [1.807, 2.05) is 25.1 Å². The molecule has 3 rings (SSSR count). The lowest BCUT2D eigenvalue weighted by atomic mass is 10.0. The fourth-order valence-corrected chi connectivity index (χ4v) is 3.52. The summed E-state index contributed by atoms with van der Waals surface area (Å²) >= 11 is 0. The number of hydrogen-bond acceptors (Lipinski definition) is 4. The normalized spacial score (nSPS) is 25.5. The second-order valence-corrected chi connectivity index (χ2v) is 5.81. The average Bonchev–Trinajstić information content (AvgIpc) is 3.04. The molecule has 0 bridgehead atoms. The zero-order chi connectivity index (χ0) is 14.1. The highest BCUT2D eigenvalue weighted by atomic mass is 16.5. The quantitative estimate of drug-likeness (QED) is 0.860. The van der Waals surface area contributed by atoms with Gasteiger partial charge < -0.3 is 10.1 Å². The number of nitrogens with zero attached hydrogens (tertiary/aromatic N) is 1. The number of anilines is 1. The van der Waals surface area contributed by atoms with Crippen LogP contribution in [0.25, 0.3) is 0 Å². The molecule has 2 heterocycles. The highest BCUT2D eigenvalue weighted by Crippen LogP contribution is 2.31. The van der Waals surface area contributed by atoms with Crippen molar-refractivity contribution < 1.29 is 9.53 Å². The molecule has 20 heavy (non-hydrogen) atoms. The van der Waals surface area contributed by atoms with Gasteiger partial charge in [0, 0.05) is 24.3 Å². The number of hydrogen-bond donors (Lipinski definition) is 1. The first-order valence-electron chi connectivity index (χ1n) is 7.38. The molecule has 2 saturated heterocycles. The van der Waals surface area contributed by atoms with E-state index in [0.29, 0.717) is 17.6 Å². The molecule has 1 N–H and O–H groups in total. The maximum absolute atomic E-state index is 11.5. The van der Waals surface area contributed by atoms with E-state index < -0.39 is 0 Å². The number of aryl methyl sites for hydroxylation is 1. The summed E-state index contributed by atoms with van der Waals surface area (Å²) in [6.45, 7) is 4.50. The molecular formula is C16H22N2O2. The van der Waals surface area contributed by atoms with Gasteiger partial charge in [-0.05, 0) is 56.5 Å². The Hall–Kier alpha value is -1.55. The smallest absolute Gasteiger partial charge is 0.337 e. The van der Waals surface area contributed by atoms with Crippen LogP contribution in [-0.4, -0.2) is 43.2 Å². The number of methoxy groups -OCH3 is 1. The van der Waals surface area contributed by atoms with Gasteiger partial charge in [-0.15, -0.1) is 0 Å². The Kier molecular flexibility index (Phi) is 3.66. The summed E-state index contributed by atoms with van der Waals surface area (Å²) in [4.78, 5) is 14.1. The van der Waals surface area contributed by atoms with Crippen LogP contribution in [-0.2, 0) is 4.74 Å². The number of ether oxygens (including phenoxy) is 1. The third-order valence-electron chi connectivity index (χ3n) is 4.59. The number of carbonyl (C=O) groups is 1. The van der Waals surface area contributed by atoms with Gasteiger partial charge in [0.1, 0.15) is 0 Å². The number of rotatable bonds is 3. The lowest BCUT2D eigenvalue weighted by Crippen LogP contribution is -2.33. The molecular weight excluding hydrogens is 252 g/mol. The molecule has 2 unspecified atom stereocenters. The van der Waals surface area contributed by atoms with E-state index in [-0.39, 0.29) is 5.97 Å². The largest absolute Gasteiger partial charge is 0.465 e. The third-order valence-corrected chi connectivity index (χ3v) is 4.59. The molecule has 2 fully saturated rings. The van der Waals surface area contributed by atoms with Gasteiger partial charge in [0.15, 0.2) is 0 Å². The highest BCUT2D eigenvalue weighted by Gasteiger charge is 2.37. The number of nitrogens with one attached hydrogen (secondary N) is 1. The highest BCUT2D eigenvalue weighted by molar-refractivity contribution is 5.90. The molecule has 1 aromatic carbocycles. The predicted molar refractivity (Wildman–Crippen MR) is 79.1 cm³/mol. The van der Waals surface area contributed by atoms with Crippen LogP contribution < -0.4 is 5.32 Å². The summed E-state index contributed by atoms with van der Waals surface area (Å²) in [6.07, 6.45) is 3.84. The molecule has 108 valence electrons. The van der Waals surface area contributed by atoms with Crippen molar-refractivity contribution in [3.8, 4) is 0 Å². The lowest BCUT2D eigenvalue weighted by Gasteiger charge is -2.23. The van der Waals surface area contributed by atoms with Gasteiger partial charge in [-0.3, -0.25) is 4.90 Å². The number of esters is 1. The summed E-state index contributed by atoms with van der Waals surface area (Å²) in [5.41, 5.74) is 2.85. The molecule has 0 radical (unpaired) electrons. The molecule has 0 aliphatic carbocycles. The molecule has 0 aromatic heterocycles. The molecule has 0 amide bonds. The SMILES string of the molecule is COC(=O)c1ccc(NC2CCN3CCCC23)c(C)c1. The first-order chi connectivity index (χ1) is 9.69. The minimum absolute atomic E-state index is 0.275. The summed E-state index contributed by atoms with van der Waals surface area (Å²) in [7, 11) is 1.41. The van der Waals surface area contributed by atoms with Crippen LogP contribution in [0, 0.1) is 6.92 Å². The summed E-state index contributed by atoms with van der Waals surface area (Å²) in [5, 5.41) is 3.67. The van der Waals surface area contributed by atoms with E-state index in [0.717, 1.165) is 11.3 Å². The Morgan fingerprint density at radius 1 is 1.35 bits per heavy atom. The van der Waals surface area contributed by atoms with Crippen molar-refractivity contribution >= 4 is 11.7 Å².